The van der Waals surface area contributed by atoms with E-state index in [1.807, 2.05) is 0 Å². The second-order valence-corrected chi connectivity index (χ2v) is 5.72. The maximum Gasteiger partial charge on any atom is 0.141 e. The molecule has 2 aromatic carbocycles. The summed E-state index contributed by atoms with van der Waals surface area (Å²) in [7, 11) is 0. The smallest absolute Gasteiger partial charge is 0.141 e. The summed E-state index contributed by atoms with van der Waals surface area (Å²) in [6, 6.07) is 8.00. The van der Waals surface area contributed by atoms with Crippen LogP contribution >= 0.6 is 39.1 Å². The fourth-order valence-corrected chi connectivity index (χ4v) is 2.49. The van der Waals surface area contributed by atoms with Gasteiger partial charge in [0.15, 0.2) is 0 Å². The molecule has 0 fully saturated rings. The lowest BCUT2D eigenvalue weighted by Crippen LogP contribution is -1.86. The first-order valence-corrected chi connectivity index (χ1v) is 6.89. The van der Waals surface area contributed by atoms with E-state index in [-0.39, 0.29) is 5.82 Å². The Bertz CT molecular complexity index is 747. The van der Waals surface area contributed by atoms with Gasteiger partial charge in [-0.05, 0) is 30.3 Å². The van der Waals surface area contributed by atoms with Crippen LogP contribution < -0.4 is 0 Å². The molecule has 19 heavy (non-hydrogen) atoms. The molecule has 0 spiro atoms. The molecule has 0 unspecified atom stereocenters. The molecule has 2 nitrogen and oxygen atoms in total. The topological polar surface area (TPSA) is 28.7 Å². The zero-order valence-corrected chi connectivity index (χ0v) is 12.4. The van der Waals surface area contributed by atoms with E-state index < -0.39 is 0 Å². The molecule has 0 atom stereocenters. The van der Waals surface area contributed by atoms with Gasteiger partial charge in [0.25, 0.3) is 0 Å². The van der Waals surface area contributed by atoms with Crippen LogP contribution in [0.4, 0.5) is 4.39 Å². The number of hydrogen-bond donors (Lipinski definition) is 1. The summed E-state index contributed by atoms with van der Waals surface area (Å²) in [6.45, 7) is 0. The van der Waals surface area contributed by atoms with Gasteiger partial charge in [0.2, 0.25) is 0 Å². The van der Waals surface area contributed by atoms with Crippen molar-refractivity contribution in [1.82, 2.24) is 9.97 Å². The number of benzene rings is 2. The number of nitrogens with zero attached hydrogens (tertiary/aromatic N) is 1. The Balaban J connectivity index is 2.23. The standard InChI is InChI=1S/C13H6BrCl2FN2/c14-6-1-2-10(17)7(3-6)13-18-11-4-8(15)9(16)5-12(11)19-13/h1-5H,(H,18,19). The number of aromatic amines is 1. The van der Waals surface area contributed by atoms with Crippen molar-refractivity contribution in [3.8, 4) is 11.4 Å². The first-order valence-electron chi connectivity index (χ1n) is 5.35. The van der Waals surface area contributed by atoms with E-state index in [0.717, 1.165) is 4.47 Å². The molecule has 0 aliphatic carbocycles. The van der Waals surface area contributed by atoms with E-state index in [4.69, 9.17) is 23.2 Å². The average molecular weight is 360 g/mol. The van der Waals surface area contributed by atoms with Crippen molar-refractivity contribution >= 4 is 50.2 Å². The minimum Gasteiger partial charge on any atom is -0.338 e. The Morgan fingerprint density at radius 3 is 2.63 bits per heavy atom. The normalized spacial score (nSPS) is 11.2. The first-order chi connectivity index (χ1) is 9.04. The molecule has 3 aromatic rings. The van der Waals surface area contributed by atoms with Crippen LogP contribution in [0.3, 0.4) is 0 Å². The molecule has 0 bridgehead atoms. The third-order valence-electron chi connectivity index (χ3n) is 2.71. The summed E-state index contributed by atoms with van der Waals surface area (Å²) < 4.78 is 14.6. The van der Waals surface area contributed by atoms with Gasteiger partial charge in [-0.1, -0.05) is 39.1 Å². The fourth-order valence-electron chi connectivity index (χ4n) is 1.81. The number of hydrogen-bond acceptors (Lipinski definition) is 1. The van der Waals surface area contributed by atoms with Gasteiger partial charge in [-0.3, -0.25) is 0 Å². The van der Waals surface area contributed by atoms with Crippen molar-refractivity contribution in [3.63, 3.8) is 0 Å². The van der Waals surface area contributed by atoms with Crippen molar-refractivity contribution in [2.24, 2.45) is 0 Å². The predicted molar refractivity (Wildman–Crippen MR) is 79.2 cm³/mol. The molecule has 0 radical (unpaired) electrons. The average Bonchev–Trinajstić information content (AvgIpc) is 2.75. The molecule has 0 saturated carbocycles. The highest BCUT2D eigenvalue weighted by atomic mass is 79.9. The van der Waals surface area contributed by atoms with E-state index in [1.54, 1.807) is 24.3 Å². The van der Waals surface area contributed by atoms with Crippen molar-refractivity contribution in [2.75, 3.05) is 0 Å². The minimum atomic E-state index is -0.348. The van der Waals surface area contributed by atoms with Crippen LogP contribution in [0.15, 0.2) is 34.8 Å². The van der Waals surface area contributed by atoms with Gasteiger partial charge in [-0.2, -0.15) is 0 Å². The van der Waals surface area contributed by atoms with Crippen molar-refractivity contribution < 1.29 is 4.39 Å². The van der Waals surface area contributed by atoms with Crippen molar-refractivity contribution in [1.29, 1.82) is 0 Å². The molecule has 3 rings (SSSR count). The molecule has 1 aromatic heterocycles. The van der Waals surface area contributed by atoms with Crippen LogP contribution in [0.25, 0.3) is 22.4 Å². The lowest BCUT2D eigenvalue weighted by atomic mass is 10.2. The SMILES string of the molecule is Fc1ccc(Br)cc1-c1nc2cc(Cl)c(Cl)cc2[nH]1. The highest BCUT2D eigenvalue weighted by Crippen LogP contribution is 2.30. The summed E-state index contributed by atoms with van der Waals surface area (Å²) in [5.41, 5.74) is 1.74. The number of aromatic nitrogens is 2. The molecular formula is C13H6BrCl2FN2. The number of fused-ring (bicyclic) bond motifs is 1. The third-order valence-corrected chi connectivity index (χ3v) is 3.92. The number of rotatable bonds is 1. The van der Waals surface area contributed by atoms with Crippen LogP contribution in [-0.2, 0) is 0 Å². The molecular weight excluding hydrogens is 354 g/mol. The largest absolute Gasteiger partial charge is 0.338 e. The number of nitrogens with one attached hydrogen (secondary N) is 1. The Morgan fingerprint density at radius 2 is 1.84 bits per heavy atom. The van der Waals surface area contributed by atoms with Crippen LogP contribution in [0.2, 0.25) is 10.0 Å². The van der Waals surface area contributed by atoms with Crippen LogP contribution in [-0.4, -0.2) is 9.97 Å². The molecule has 0 aliphatic heterocycles. The zero-order valence-electron chi connectivity index (χ0n) is 9.35. The maximum atomic E-state index is 13.8. The highest BCUT2D eigenvalue weighted by Gasteiger charge is 2.12. The first kappa shape index (κ1) is 12.9. The van der Waals surface area contributed by atoms with Crippen LogP contribution in [0, 0.1) is 5.82 Å². The van der Waals surface area contributed by atoms with Gasteiger partial charge in [0, 0.05) is 4.47 Å². The van der Waals surface area contributed by atoms with Gasteiger partial charge >= 0.3 is 0 Å². The summed E-state index contributed by atoms with van der Waals surface area (Å²) in [4.78, 5) is 7.36. The highest BCUT2D eigenvalue weighted by molar-refractivity contribution is 9.10. The second kappa shape index (κ2) is 4.78. The number of halogens is 4. The van der Waals surface area contributed by atoms with Crippen molar-refractivity contribution in [2.45, 2.75) is 0 Å². The monoisotopic (exact) mass is 358 g/mol. The molecule has 0 aliphatic rings. The van der Waals surface area contributed by atoms with Gasteiger partial charge in [0.1, 0.15) is 11.6 Å². The lowest BCUT2D eigenvalue weighted by molar-refractivity contribution is 0.630. The Kier molecular flexibility index (Phi) is 3.25. The van der Waals surface area contributed by atoms with Crippen molar-refractivity contribution in [3.05, 3.63) is 50.7 Å². The summed E-state index contributed by atoms with van der Waals surface area (Å²) in [5.74, 6) is 0.0894. The zero-order chi connectivity index (χ0) is 13.6. The number of H-pyrrole nitrogens is 1. The fraction of sp³-hybridized carbons (Fsp3) is 0. The lowest BCUT2D eigenvalue weighted by Gasteiger charge is -1.99. The second-order valence-electron chi connectivity index (χ2n) is 3.99. The van der Waals surface area contributed by atoms with E-state index in [9.17, 15) is 4.39 Å². The number of imidazole rings is 1. The van der Waals surface area contributed by atoms with E-state index >= 15 is 0 Å². The van der Waals surface area contributed by atoms with Gasteiger partial charge < -0.3 is 4.98 Å². The van der Waals surface area contributed by atoms with Gasteiger partial charge in [-0.25, -0.2) is 9.37 Å². The third kappa shape index (κ3) is 2.36. The quantitative estimate of drug-likeness (QED) is 0.615. The summed E-state index contributed by atoms with van der Waals surface area (Å²) in [5, 5.41) is 0.848. The molecule has 0 saturated heterocycles. The van der Waals surface area contributed by atoms with Crippen LogP contribution in [0.5, 0.6) is 0 Å². The Hall–Kier alpha value is -1.10. The predicted octanol–water partition coefficient (Wildman–Crippen LogP) is 5.44. The Morgan fingerprint density at radius 1 is 1.11 bits per heavy atom. The summed E-state index contributed by atoms with van der Waals surface area (Å²) in [6.07, 6.45) is 0. The van der Waals surface area contributed by atoms with Gasteiger partial charge in [0.05, 0.1) is 26.6 Å². The summed E-state index contributed by atoms with van der Waals surface area (Å²) >= 11 is 15.2. The van der Waals surface area contributed by atoms with Gasteiger partial charge in [-0.15, -0.1) is 0 Å². The molecule has 0 amide bonds. The maximum absolute atomic E-state index is 13.8. The van der Waals surface area contributed by atoms with Crippen LogP contribution in [0.1, 0.15) is 0 Å². The molecule has 1 N–H and O–H groups in total. The Labute approximate surface area is 126 Å². The molecule has 1 heterocycles. The molecule has 96 valence electrons. The minimum absolute atomic E-state index is 0.348. The van der Waals surface area contributed by atoms with E-state index in [2.05, 4.69) is 25.9 Å². The molecule has 6 heteroatoms. The van der Waals surface area contributed by atoms with E-state index in [1.165, 1.54) is 6.07 Å². The van der Waals surface area contributed by atoms with E-state index in [0.29, 0.717) is 32.5 Å².